The molecule has 0 radical (unpaired) electrons. The predicted molar refractivity (Wildman–Crippen MR) is 85.2 cm³/mol. The maximum atomic E-state index is 13.7. The third-order valence-corrected chi connectivity index (χ3v) is 3.62. The van der Waals surface area contributed by atoms with Gasteiger partial charge in [-0.05, 0) is 46.6 Å². The number of nitrogens with one attached hydrogen (secondary N) is 2. The van der Waals surface area contributed by atoms with Crippen LogP contribution < -0.4 is 10.6 Å². The third-order valence-electron chi connectivity index (χ3n) is 2.96. The minimum Gasteiger partial charge on any atom is -0.373 e. The molecule has 0 atom stereocenters. The molecule has 0 saturated carbocycles. The molecule has 2 aromatic rings. The van der Waals surface area contributed by atoms with E-state index in [9.17, 15) is 9.18 Å². The number of hydrogen-bond acceptors (Lipinski definition) is 3. The average molecular weight is 352 g/mol. The first-order chi connectivity index (χ1) is 10.0. The summed E-state index contributed by atoms with van der Waals surface area (Å²) in [6, 6.07) is 7.86. The molecule has 21 heavy (non-hydrogen) atoms. The molecule has 1 aromatic carbocycles. The Morgan fingerprint density at radius 1 is 1.38 bits per heavy atom. The highest BCUT2D eigenvalue weighted by atomic mass is 79.9. The molecule has 0 aliphatic rings. The zero-order chi connectivity index (χ0) is 15.4. The van der Waals surface area contributed by atoms with Gasteiger partial charge in [-0.25, -0.2) is 9.37 Å². The van der Waals surface area contributed by atoms with Crippen LogP contribution in [0.25, 0.3) is 0 Å². The molecule has 1 heterocycles. The van der Waals surface area contributed by atoms with Gasteiger partial charge in [0.2, 0.25) is 0 Å². The van der Waals surface area contributed by atoms with Gasteiger partial charge in [-0.3, -0.25) is 4.79 Å². The van der Waals surface area contributed by atoms with Crippen LogP contribution in [-0.2, 0) is 6.42 Å². The molecular formula is C15H15BrFN3O. The molecule has 0 fully saturated rings. The van der Waals surface area contributed by atoms with E-state index in [0.717, 1.165) is 5.69 Å². The molecule has 2 N–H and O–H groups in total. The van der Waals surface area contributed by atoms with Crippen LogP contribution in [0, 0.1) is 5.82 Å². The highest BCUT2D eigenvalue weighted by molar-refractivity contribution is 9.10. The van der Waals surface area contributed by atoms with Crippen LogP contribution in [0.4, 0.5) is 15.9 Å². The third kappa shape index (κ3) is 3.58. The summed E-state index contributed by atoms with van der Waals surface area (Å²) < 4.78 is 14.2. The average Bonchev–Trinajstić information content (AvgIpc) is 2.50. The normalized spacial score (nSPS) is 10.3. The molecule has 0 aliphatic heterocycles. The summed E-state index contributed by atoms with van der Waals surface area (Å²) >= 11 is 3.23. The Morgan fingerprint density at radius 2 is 2.14 bits per heavy atom. The minimum absolute atomic E-state index is 0.128. The first-order valence-electron chi connectivity index (χ1n) is 6.49. The molecule has 0 bridgehead atoms. The fourth-order valence-corrected chi connectivity index (χ4v) is 2.27. The number of aryl methyl sites for hydroxylation is 1. The largest absolute Gasteiger partial charge is 0.373 e. The fourth-order valence-electron chi connectivity index (χ4n) is 1.83. The van der Waals surface area contributed by atoms with E-state index in [2.05, 4.69) is 31.5 Å². The van der Waals surface area contributed by atoms with Gasteiger partial charge < -0.3 is 10.6 Å². The maximum Gasteiger partial charge on any atom is 0.255 e. The van der Waals surface area contributed by atoms with Crippen molar-refractivity contribution < 1.29 is 9.18 Å². The van der Waals surface area contributed by atoms with E-state index in [1.54, 1.807) is 31.3 Å². The van der Waals surface area contributed by atoms with Gasteiger partial charge in [-0.15, -0.1) is 0 Å². The lowest BCUT2D eigenvalue weighted by Gasteiger charge is -2.10. The van der Waals surface area contributed by atoms with Gasteiger partial charge >= 0.3 is 0 Å². The number of amides is 1. The molecule has 0 saturated heterocycles. The summed E-state index contributed by atoms with van der Waals surface area (Å²) in [5.74, 6) is -0.266. The van der Waals surface area contributed by atoms with Crippen molar-refractivity contribution in [1.82, 2.24) is 4.98 Å². The topological polar surface area (TPSA) is 54.0 Å². The number of nitrogens with zero attached hydrogens (tertiary/aromatic N) is 1. The number of halogens is 2. The van der Waals surface area contributed by atoms with E-state index in [1.807, 2.05) is 6.92 Å². The Bertz CT molecular complexity index is 633. The second kappa shape index (κ2) is 6.67. The van der Waals surface area contributed by atoms with Crippen LogP contribution in [0.5, 0.6) is 0 Å². The fraction of sp³-hybridized carbons (Fsp3) is 0.200. The van der Waals surface area contributed by atoms with Crippen molar-refractivity contribution in [2.45, 2.75) is 13.3 Å². The van der Waals surface area contributed by atoms with Gasteiger partial charge in [-0.1, -0.05) is 13.0 Å². The smallest absolute Gasteiger partial charge is 0.255 e. The van der Waals surface area contributed by atoms with E-state index >= 15 is 0 Å². The molecular weight excluding hydrogens is 337 g/mol. The molecule has 0 aliphatic carbocycles. The second-order valence-electron chi connectivity index (χ2n) is 4.39. The van der Waals surface area contributed by atoms with Crippen LogP contribution in [0.3, 0.4) is 0 Å². The quantitative estimate of drug-likeness (QED) is 0.879. The van der Waals surface area contributed by atoms with Crippen LogP contribution in [0.1, 0.15) is 23.0 Å². The lowest BCUT2D eigenvalue weighted by Crippen LogP contribution is -2.14. The molecule has 110 valence electrons. The highest BCUT2D eigenvalue weighted by Crippen LogP contribution is 2.26. The number of carbonyl (C=O) groups excluding carboxylic acids is 1. The number of hydrogen-bond donors (Lipinski definition) is 2. The van der Waals surface area contributed by atoms with Gasteiger partial charge in [-0.2, -0.15) is 0 Å². The van der Waals surface area contributed by atoms with Crippen molar-refractivity contribution in [3.63, 3.8) is 0 Å². The molecule has 0 unspecified atom stereocenters. The first kappa shape index (κ1) is 15.4. The standard InChI is InChI=1S/C15H15BrFN3O/c1-3-10-7-9(8-13(18-2)19-10)15(21)20-14-11(16)5-4-6-12(14)17/h4-8H,3H2,1-2H3,(H,18,19)(H,20,21). The summed E-state index contributed by atoms with van der Waals surface area (Å²) in [5, 5.41) is 5.49. The Kier molecular flexibility index (Phi) is 4.90. The van der Waals surface area contributed by atoms with Gasteiger partial charge in [0, 0.05) is 22.8 Å². The second-order valence-corrected chi connectivity index (χ2v) is 5.24. The number of para-hydroxylation sites is 1. The SMILES string of the molecule is CCc1cc(C(=O)Nc2c(F)cccc2Br)cc(NC)n1. The van der Waals surface area contributed by atoms with Crippen molar-refractivity contribution in [3.8, 4) is 0 Å². The number of benzene rings is 1. The van der Waals surface area contributed by atoms with E-state index in [1.165, 1.54) is 6.07 Å². The first-order valence-corrected chi connectivity index (χ1v) is 7.28. The summed E-state index contributed by atoms with van der Waals surface area (Å²) in [5.41, 5.74) is 1.35. The Hall–Kier alpha value is -1.95. The van der Waals surface area contributed by atoms with Crippen molar-refractivity contribution >= 4 is 33.3 Å². The summed E-state index contributed by atoms with van der Waals surface area (Å²) in [7, 11) is 1.73. The van der Waals surface area contributed by atoms with Gasteiger partial charge in [0.25, 0.3) is 5.91 Å². The highest BCUT2D eigenvalue weighted by Gasteiger charge is 2.13. The minimum atomic E-state index is -0.490. The van der Waals surface area contributed by atoms with E-state index in [-0.39, 0.29) is 11.6 Å². The zero-order valence-corrected chi connectivity index (χ0v) is 13.3. The van der Waals surface area contributed by atoms with Gasteiger partial charge in [0.1, 0.15) is 11.6 Å². The number of anilines is 2. The maximum absolute atomic E-state index is 13.7. The van der Waals surface area contributed by atoms with Crippen molar-refractivity contribution in [1.29, 1.82) is 0 Å². The zero-order valence-electron chi connectivity index (χ0n) is 11.7. The Morgan fingerprint density at radius 3 is 2.76 bits per heavy atom. The summed E-state index contributed by atoms with van der Waals surface area (Å²) in [6.07, 6.45) is 0.708. The van der Waals surface area contributed by atoms with E-state index in [4.69, 9.17) is 0 Å². The van der Waals surface area contributed by atoms with Crippen LogP contribution in [-0.4, -0.2) is 17.9 Å². The van der Waals surface area contributed by atoms with E-state index < -0.39 is 5.82 Å². The molecule has 2 rings (SSSR count). The number of carbonyl (C=O) groups is 1. The van der Waals surface area contributed by atoms with Crippen LogP contribution in [0.15, 0.2) is 34.8 Å². The Labute approximate surface area is 130 Å². The van der Waals surface area contributed by atoms with Crippen molar-refractivity contribution in [2.75, 3.05) is 17.7 Å². The van der Waals surface area contributed by atoms with Crippen LogP contribution >= 0.6 is 15.9 Å². The number of pyridine rings is 1. The lowest BCUT2D eigenvalue weighted by atomic mass is 10.1. The molecule has 4 nitrogen and oxygen atoms in total. The summed E-state index contributed by atoms with van der Waals surface area (Å²) in [6.45, 7) is 1.96. The molecule has 1 amide bonds. The number of rotatable bonds is 4. The molecule has 0 spiro atoms. The molecule has 1 aromatic heterocycles. The van der Waals surface area contributed by atoms with E-state index in [0.29, 0.717) is 22.3 Å². The Balaban J connectivity index is 2.32. The predicted octanol–water partition coefficient (Wildman–Crippen LogP) is 3.84. The molecule has 6 heteroatoms. The monoisotopic (exact) mass is 351 g/mol. The van der Waals surface area contributed by atoms with Gasteiger partial charge in [0.05, 0.1) is 5.69 Å². The lowest BCUT2D eigenvalue weighted by molar-refractivity contribution is 0.102. The van der Waals surface area contributed by atoms with Crippen molar-refractivity contribution in [2.24, 2.45) is 0 Å². The van der Waals surface area contributed by atoms with Crippen molar-refractivity contribution in [3.05, 3.63) is 51.9 Å². The number of aromatic nitrogens is 1. The van der Waals surface area contributed by atoms with Gasteiger partial charge in [0.15, 0.2) is 0 Å². The van der Waals surface area contributed by atoms with Crippen LogP contribution in [0.2, 0.25) is 0 Å². The summed E-state index contributed by atoms with van der Waals surface area (Å²) in [4.78, 5) is 16.6.